The van der Waals surface area contributed by atoms with Gasteiger partial charge in [-0.1, -0.05) is 19.3 Å². The normalized spacial score (nSPS) is 19.2. The monoisotopic (exact) mass is 294 g/mol. The van der Waals surface area contributed by atoms with E-state index in [1.807, 2.05) is 11.3 Å². The van der Waals surface area contributed by atoms with Gasteiger partial charge in [-0.2, -0.15) is 0 Å². The highest BCUT2D eigenvalue weighted by Crippen LogP contribution is 2.40. The van der Waals surface area contributed by atoms with Crippen LogP contribution >= 0.6 is 11.3 Å². The van der Waals surface area contributed by atoms with Crippen molar-refractivity contribution in [2.24, 2.45) is 5.41 Å². The van der Waals surface area contributed by atoms with Crippen LogP contribution < -0.4 is 5.32 Å². The molecule has 0 aromatic carbocycles. The van der Waals surface area contributed by atoms with Crippen molar-refractivity contribution >= 4 is 11.3 Å². The van der Waals surface area contributed by atoms with Crippen molar-refractivity contribution in [2.75, 3.05) is 6.54 Å². The number of hydrogen-bond donors (Lipinski definition) is 1. The van der Waals surface area contributed by atoms with E-state index in [0.29, 0.717) is 5.41 Å². The van der Waals surface area contributed by atoms with Gasteiger partial charge in [0.05, 0.1) is 10.7 Å². The maximum atomic E-state index is 4.78. The fourth-order valence-corrected chi connectivity index (χ4v) is 4.21. The number of thiazole rings is 1. The Morgan fingerprint density at radius 2 is 1.80 bits per heavy atom. The average molecular weight is 295 g/mol. The lowest BCUT2D eigenvalue weighted by atomic mass is 9.71. The Bertz CT molecular complexity index is 417. The van der Waals surface area contributed by atoms with Gasteiger partial charge >= 0.3 is 0 Å². The topological polar surface area (TPSA) is 24.9 Å². The summed E-state index contributed by atoms with van der Waals surface area (Å²) in [6.45, 7) is 12.3. The summed E-state index contributed by atoms with van der Waals surface area (Å²) in [6, 6.07) is 0. The van der Waals surface area contributed by atoms with E-state index in [9.17, 15) is 0 Å². The zero-order chi connectivity index (χ0) is 14.8. The molecule has 1 aliphatic carbocycles. The molecule has 0 spiro atoms. The van der Waals surface area contributed by atoms with Crippen molar-refractivity contribution in [3.8, 4) is 0 Å². The molecule has 1 N–H and O–H groups in total. The predicted octanol–water partition coefficient (Wildman–Crippen LogP) is 4.64. The van der Waals surface area contributed by atoms with Crippen LogP contribution in [0, 0.1) is 19.3 Å². The van der Waals surface area contributed by atoms with Crippen LogP contribution in [0.15, 0.2) is 0 Å². The summed E-state index contributed by atoms with van der Waals surface area (Å²) in [5.41, 5.74) is 1.86. The number of hydrogen-bond acceptors (Lipinski definition) is 3. The van der Waals surface area contributed by atoms with E-state index in [1.54, 1.807) is 0 Å². The Hall–Kier alpha value is -0.410. The van der Waals surface area contributed by atoms with E-state index in [1.165, 1.54) is 47.7 Å². The molecule has 0 atom stereocenters. The van der Waals surface area contributed by atoms with Gasteiger partial charge in [-0.15, -0.1) is 11.3 Å². The second kappa shape index (κ2) is 6.15. The lowest BCUT2D eigenvalue weighted by Gasteiger charge is -2.39. The number of nitrogens with zero attached hydrogens (tertiary/aromatic N) is 1. The second-order valence-corrected chi connectivity index (χ2v) is 8.88. The molecule has 0 bridgehead atoms. The average Bonchev–Trinajstić information content (AvgIpc) is 2.66. The zero-order valence-corrected chi connectivity index (χ0v) is 14.6. The summed E-state index contributed by atoms with van der Waals surface area (Å²) in [5.74, 6) is 0. The highest BCUT2D eigenvalue weighted by atomic mass is 32.1. The summed E-state index contributed by atoms with van der Waals surface area (Å²) < 4.78 is 0. The van der Waals surface area contributed by atoms with Crippen LogP contribution in [0.25, 0.3) is 0 Å². The van der Waals surface area contributed by atoms with E-state index in [2.05, 4.69) is 39.9 Å². The van der Waals surface area contributed by atoms with Crippen LogP contribution in [0.1, 0.15) is 68.5 Å². The van der Waals surface area contributed by atoms with Crippen LogP contribution in [0.5, 0.6) is 0 Å². The molecule has 1 fully saturated rings. The van der Waals surface area contributed by atoms with Gasteiger partial charge in [-0.25, -0.2) is 4.98 Å². The summed E-state index contributed by atoms with van der Waals surface area (Å²) >= 11 is 1.90. The third kappa shape index (κ3) is 4.29. The molecule has 0 unspecified atom stereocenters. The molecule has 3 heteroatoms. The lowest BCUT2D eigenvalue weighted by molar-refractivity contribution is 0.165. The van der Waals surface area contributed by atoms with Gasteiger partial charge in [0.1, 0.15) is 0 Å². The van der Waals surface area contributed by atoms with Gasteiger partial charge in [0.2, 0.25) is 0 Å². The summed E-state index contributed by atoms with van der Waals surface area (Å²) in [5, 5.41) is 5.10. The summed E-state index contributed by atoms with van der Waals surface area (Å²) in [6.07, 6.45) is 8.05. The first kappa shape index (κ1) is 16.0. The first-order chi connectivity index (χ1) is 9.30. The molecule has 1 aromatic heterocycles. The number of nitrogens with one attached hydrogen (secondary N) is 1. The quantitative estimate of drug-likeness (QED) is 0.875. The minimum Gasteiger partial charge on any atom is -0.312 e. The number of rotatable bonds is 4. The van der Waals surface area contributed by atoms with Crippen molar-refractivity contribution in [1.82, 2.24) is 10.3 Å². The Morgan fingerprint density at radius 1 is 1.15 bits per heavy atom. The van der Waals surface area contributed by atoms with Crippen LogP contribution in [-0.4, -0.2) is 17.1 Å². The molecule has 2 nitrogen and oxygen atoms in total. The standard InChI is InChI=1S/C17H30N2S/c1-13-14(2)20-15(19-13)11-17(9-7-6-8-10-17)12-18-16(3,4)5/h18H,6-12H2,1-5H3. The highest BCUT2D eigenvalue weighted by molar-refractivity contribution is 7.11. The molecule has 1 heterocycles. The Kier molecular flexibility index (Phi) is 4.91. The molecule has 1 aliphatic rings. The molecule has 1 saturated carbocycles. The van der Waals surface area contributed by atoms with Crippen molar-refractivity contribution in [3.63, 3.8) is 0 Å². The van der Waals surface area contributed by atoms with Crippen molar-refractivity contribution in [3.05, 3.63) is 15.6 Å². The highest BCUT2D eigenvalue weighted by Gasteiger charge is 2.34. The van der Waals surface area contributed by atoms with Gasteiger partial charge in [0.15, 0.2) is 0 Å². The molecule has 114 valence electrons. The maximum Gasteiger partial charge on any atom is 0.0936 e. The van der Waals surface area contributed by atoms with Crippen LogP contribution in [0.3, 0.4) is 0 Å². The van der Waals surface area contributed by atoms with Crippen LogP contribution in [0.4, 0.5) is 0 Å². The van der Waals surface area contributed by atoms with E-state index >= 15 is 0 Å². The van der Waals surface area contributed by atoms with Crippen LogP contribution in [-0.2, 0) is 6.42 Å². The predicted molar refractivity (Wildman–Crippen MR) is 88.6 cm³/mol. The minimum atomic E-state index is 0.207. The largest absolute Gasteiger partial charge is 0.312 e. The van der Waals surface area contributed by atoms with Gasteiger partial charge in [-0.05, 0) is 52.9 Å². The Labute approximate surface area is 128 Å². The third-order valence-corrected chi connectivity index (χ3v) is 5.58. The fraction of sp³-hybridized carbons (Fsp3) is 0.824. The van der Waals surface area contributed by atoms with E-state index < -0.39 is 0 Å². The molecule has 1 aromatic rings. The Morgan fingerprint density at radius 3 is 2.30 bits per heavy atom. The molecule has 0 saturated heterocycles. The van der Waals surface area contributed by atoms with E-state index in [-0.39, 0.29) is 5.54 Å². The molecule has 20 heavy (non-hydrogen) atoms. The molecular weight excluding hydrogens is 264 g/mol. The zero-order valence-electron chi connectivity index (χ0n) is 13.8. The van der Waals surface area contributed by atoms with Gasteiger partial charge in [-0.3, -0.25) is 0 Å². The number of aromatic nitrogens is 1. The minimum absolute atomic E-state index is 0.207. The van der Waals surface area contributed by atoms with Gasteiger partial charge in [0.25, 0.3) is 0 Å². The van der Waals surface area contributed by atoms with Crippen molar-refractivity contribution in [2.45, 2.75) is 78.7 Å². The number of aryl methyl sites for hydroxylation is 2. The summed E-state index contributed by atoms with van der Waals surface area (Å²) in [4.78, 5) is 6.17. The van der Waals surface area contributed by atoms with Crippen molar-refractivity contribution in [1.29, 1.82) is 0 Å². The smallest absolute Gasteiger partial charge is 0.0936 e. The fourth-order valence-electron chi connectivity index (χ4n) is 3.11. The second-order valence-electron chi connectivity index (χ2n) is 7.59. The summed E-state index contributed by atoms with van der Waals surface area (Å²) in [7, 11) is 0. The van der Waals surface area contributed by atoms with Gasteiger partial charge in [0, 0.05) is 23.4 Å². The first-order valence-corrected chi connectivity index (χ1v) is 8.79. The molecular formula is C17H30N2S. The lowest BCUT2D eigenvalue weighted by Crippen LogP contribution is -2.45. The van der Waals surface area contributed by atoms with Crippen molar-refractivity contribution < 1.29 is 0 Å². The van der Waals surface area contributed by atoms with Crippen LogP contribution in [0.2, 0.25) is 0 Å². The van der Waals surface area contributed by atoms with E-state index in [4.69, 9.17) is 4.98 Å². The van der Waals surface area contributed by atoms with Gasteiger partial charge < -0.3 is 5.32 Å². The molecule has 0 radical (unpaired) electrons. The third-order valence-electron chi connectivity index (χ3n) is 4.51. The Balaban J connectivity index is 2.10. The molecule has 0 amide bonds. The maximum absolute atomic E-state index is 4.78. The first-order valence-electron chi connectivity index (χ1n) is 7.98. The van der Waals surface area contributed by atoms with E-state index in [0.717, 1.165) is 13.0 Å². The molecule has 2 rings (SSSR count). The SMILES string of the molecule is Cc1nc(CC2(CNC(C)(C)C)CCCCC2)sc1C. The molecule has 0 aliphatic heterocycles.